The average Bonchev–Trinajstić information content (AvgIpc) is 3.82. The number of ether oxygens (including phenoxy) is 1. The molecule has 12 nitrogen and oxygen atoms in total. The summed E-state index contributed by atoms with van der Waals surface area (Å²) in [5.41, 5.74) is 2.68. The van der Waals surface area contributed by atoms with Crippen LogP contribution in [0.3, 0.4) is 0 Å². The van der Waals surface area contributed by atoms with E-state index in [1.165, 1.54) is 29.6 Å². The summed E-state index contributed by atoms with van der Waals surface area (Å²) in [7, 11) is -7.47. The van der Waals surface area contributed by atoms with Gasteiger partial charge in [-0.1, -0.05) is 64.0 Å². The summed E-state index contributed by atoms with van der Waals surface area (Å²) in [5, 5.41) is 2.91. The molecule has 3 aromatic rings. The lowest BCUT2D eigenvalue weighted by atomic mass is 10.1. The Kier molecular flexibility index (Phi) is 13.1. The van der Waals surface area contributed by atoms with Gasteiger partial charge in [0.25, 0.3) is 15.9 Å². The SMILES string of the molecule is CCCCCCCCCCN1C(C(=Nc2ccc([N+]3(CC)CC3NS(C)(=O)=O)cc2C)C(=O)Nc2ccc(OCC)cc2)=Nc2ccccc2S1(=O)=O. The molecule has 1 fully saturated rings. The number of para-hydroxylation sites is 1. The van der Waals surface area contributed by atoms with Crippen LogP contribution in [0.1, 0.15) is 77.7 Å². The van der Waals surface area contributed by atoms with Gasteiger partial charge in [0, 0.05) is 24.4 Å². The Morgan fingerprint density at radius 1 is 0.962 bits per heavy atom. The Bertz CT molecular complexity index is 2050. The highest BCUT2D eigenvalue weighted by molar-refractivity contribution is 7.90. The van der Waals surface area contributed by atoms with Gasteiger partial charge in [-0.3, -0.25) is 9.28 Å². The number of aryl methyl sites for hydroxylation is 1. The molecule has 2 atom stereocenters. The Hall–Kier alpha value is -4.11. The molecule has 2 heterocycles. The quantitative estimate of drug-likeness (QED) is 0.0572. The maximum Gasteiger partial charge on any atom is 0.278 e. The highest BCUT2D eigenvalue weighted by atomic mass is 32.2. The Balaban J connectivity index is 1.53. The van der Waals surface area contributed by atoms with Crippen LogP contribution in [0.4, 0.5) is 22.7 Å². The number of anilines is 1. The van der Waals surface area contributed by atoms with Crippen molar-refractivity contribution in [3.63, 3.8) is 0 Å². The predicted molar refractivity (Wildman–Crippen MR) is 214 cm³/mol. The highest BCUT2D eigenvalue weighted by Gasteiger charge is 2.57. The number of nitrogens with one attached hydrogen (secondary N) is 2. The number of sulfonamides is 2. The van der Waals surface area contributed by atoms with Crippen LogP contribution < -0.4 is 19.3 Å². The zero-order chi connectivity index (χ0) is 38.2. The lowest BCUT2D eigenvalue weighted by Crippen LogP contribution is -2.47. The molecule has 0 radical (unpaired) electrons. The van der Waals surface area contributed by atoms with Gasteiger partial charge in [-0.15, -0.1) is 0 Å². The zero-order valence-electron chi connectivity index (χ0n) is 31.5. The molecule has 286 valence electrons. The minimum atomic E-state index is -4.08. The Morgan fingerprint density at radius 3 is 2.28 bits per heavy atom. The van der Waals surface area contributed by atoms with E-state index in [0.717, 1.165) is 43.2 Å². The number of unbranched alkanes of at least 4 members (excludes halogenated alkanes) is 7. The third-order valence-electron chi connectivity index (χ3n) is 9.76. The molecule has 2 N–H and O–H groups in total. The van der Waals surface area contributed by atoms with Crippen LogP contribution in [0.25, 0.3) is 0 Å². The van der Waals surface area contributed by atoms with Crippen LogP contribution in [0.15, 0.2) is 81.6 Å². The number of benzene rings is 3. The molecule has 0 aliphatic carbocycles. The van der Waals surface area contributed by atoms with Gasteiger partial charge in [-0.25, -0.2) is 31.1 Å². The highest BCUT2D eigenvalue weighted by Crippen LogP contribution is 2.40. The van der Waals surface area contributed by atoms with E-state index in [9.17, 15) is 21.6 Å². The van der Waals surface area contributed by atoms with Gasteiger partial charge >= 0.3 is 0 Å². The van der Waals surface area contributed by atoms with Gasteiger partial charge in [-0.2, -0.15) is 4.72 Å². The third-order valence-corrected chi connectivity index (χ3v) is 12.3. The number of hydrogen-bond acceptors (Lipinski definition) is 8. The largest absolute Gasteiger partial charge is 0.494 e. The standard InChI is InChI=1S/C39H52N6O6S2/c1-6-9-10-11-12-13-14-17-26-44-38(42-34-18-15-16-19-35(34)53(44,49)50)37(39(46)40-30-20-23-32(24-21-30)51-8-3)41-33-25-22-31(27-29(33)4)45(7-2)28-36(45)43-52(5,47)48/h15-16,18-25,27,36,43H,6-14,17,26,28H2,1-5H3/p+1. The van der Waals surface area contributed by atoms with E-state index in [2.05, 4.69) is 17.0 Å². The second kappa shape index (κ2) is 17.4. The van der Waals surface area contributed by atoms with Crippen LogP contribution in [-0.2, 0) is 24.8 Å². The van der Waals surface area contributed by atoms with Gasteiger partial charge in [-0.05, 0) is 75.2 Å². The lowest BCUT2D eigenvalue weighted by molar-refractivity contribution is -0.110. The Labute approximate surface area is 315 Å². The van der Waals surface area contributed by atoms with Gasteiger partial charge in [0.2, 0.25) is 16.2 Å². The van der Waals surface area contributed by atoms with Crippen molar-refractivity contribution in [2.75, 3.05) is 37.8 Å². The first kappa shape index (κ1) is 40.1. The van der Waals surface area contributed by atoms with Crippen molar-refractivity contribution >= 4 is 60.3 Å². The first-order valence-electron chi connectivity index (χ1n) is 18.6. The van der Waals surface area contributed by atoms with E-state index in [0.29, 0.717) is 47.7 Å². The zero-order valence-corrected chi connectivity index (χ0v) is 33.1. The van der Waals surface area contributed by atoms with Gasteiger partial charge < -0.3 is 10.1 Å². The topological polar surface area (TPSA) is 147 Å². The van der Waals surface area contributed by atoms with Gasteiger partial charge in [0.15, 0.2) is 18.1 Å². The minimum Gasteiger partial charge on any atom is -0.494 e. The van der Waals surface area contributed by atoms with Crippen LogP contribution in [-0.4, -0.2) is 77.3 Å². The van der Waals surface area contributed by atoms with E-state index >= 15 is 0 Å². The van der Waals surface area contributed by atoms with Crippen LogP contribution >= 0.6 is 0 Å². The van der Waals surface area contributed by atoms with Crippen molar-refractivity contribution in [2.45, 2.75) is 90.1 Å². The summed E-state index contributed by atoms with van der Waals surface area (Å²) < 4.78 is 62.5. The number of carbonyl (C=O) groups excluding carboxylic acids is 1. The van der Waals surface area contributed by atoms with Crippen molar-refractivity contribution in [3.8, 4) is 5.75 Å². The summed E-state index contributed by atoms with van der Waals surface area (Å²) in [6, 6.07) is 19.1. The molecule has 2 unspecified atom stereocenters. The summed E-state index contributed by atoms with van der Waals surface area (Å²) in [5.74, 6) is -0.00909. The van der Waals surface area contributed by atoms with Crippen molar-refractivity contribution in [2.24, 2.45) is 9.98 Å². The summed E-state index contributed by atoms with van der Waals surface area (Å²) in [6.45, 7) is 9.88. The van der Waals surface area contributed by atoms with Crippen LogP contribution in [0.2, 0.25) is 0 Å². The molecule has 1 saturated heterocycles. The fourth-order valence-electron chi connectivity index (χ4n) is 6.78. The number of rotatable bonds is 19. The Morgan fingerprint density at radius 2 is 1.64 bits per heavy atom. The molecule has 1 amide bonds. The van der Waals surface area contributed by atoms with E-state index < -0.39 is 26.0 Å². The number of amidine groups is 1. The molecule has 2 aliphatic rings. The number of carbonyl (C=O) groups is 1. The van der Waals surface area contributed by atoms with Crippen molar-refractivity contribution in [1.29, 1.82) is 0 Å². The van der Waals surface area contributed by atoms with Crippen molar-refractivity contribution < 1.29 is 26.4 Å². The predicted octanol–water partition coefficient (Wildman–Crippen LogP) is 7.20. The summed E-state index contributed by atoms with van der Waals surface area (Å²) in [4.78, 5) is 24.1. The number of aliphatic imine (C=N–C) groups is 2. The molecule has 53 heavy (non-hydrogen) atoms. The molecule has 0 spiro atoms. The monoisotopic (exact) mass is 765 g/mol. The third kappa shape index (κ3) is 9.71. The fraction of sp³-hybridized carbons (Fsp3) is 0.462. The summed E-state index contributed by atoms with van der Waals surface area (Å²) in [6.07, 6.45) is 9.14. The minimum absolute atomic E-state index is 0.0426. The second-order valence-corrected chi connectivity index (χ2v) is 17.3. The number of quaternary nitrogens is 1. The molecular weight excluding hydrogens is 713 g/mol. The van der Waals surface area contributed by atoms with Crippen LogP contribution in [0.5, 0.6) is 5.75 Å². The molecule has 3 aromatic carbocycles. The number of amides is 1. The normalized spacial score (nSPS) is 19.3. The van der Waals surface area contributed by atoms with Gasteiger partial charge in [0.1, 0.15) is 16.3 Å². The number of fused-ring (bicyclic) bond motifs is 1. The van der Waals surface area contributed by atoms with Crippen molar-refractivity contribution in [3.05, 3.63) is 72.3 Å². The van der Waals surface area contributed by atoms with Gasteiger partial charge in [0.05, 0.1) is 30.8 Å². The van der Waals surface area contributed by atoms with E-state index in [1.807, 2.05) is 32.9 Å². The number of nitrogens with zero attached hydrogens (tertiary/aromatic N) is 4. The fourth-order valence-corrected chi connectivity index (χ4v) is 9.14. The molecule has 0 bridgehead atoms. The molecule has 2 aliphatic heterocycles. The second-order valence-electron chi connectivity index (χ2n) is 13.7. The summed E-state index contributed by atoms with van der Waals surface area (Å²) >= 11 is 0. The van der Waals surface area contributed by atoms with E-state index in [4.69, 9.17) is 14.7 Å². The van der Waals surface area contributed by atoms with Crippen molar-refractivity contribution in [1.82, 2.24) is 13.5 Å². The first-order valence-corrected chi connectivity index (χ1v) is 21.9. The maximum absolute atomic E-state index is 14.3. The lowest BCUT2D eigenvalue weighted by Gasteiger charge is -2.30. The molecule has 5 rings (SSSR count). The molecule has 0 aromatic heterocycles. The molecular formula is C39H53N6O6S2+. The molecule has 0 saturated carbocycles. The van der Waals surface area contributed by atoms with Crippen LogP contribution in [0, 0.1) is 6.92 Å². The van der Waals surface area contributed by atoms with E-state index in [-0.39, 0.29) is 34.8 Å². The van der Waals surface area contributed by atoms with E-state index in [1.54, 1.807) is 48.5 Å². The number of likely N-dealkylation sites (N-methyl/N-ethyl adjacent to an activating group) is 1. The maximum atomic E-state index is 14.3. The average molecular weight is 766 g/mol. The molecule has 14 heteroatoms. The first-order chi connectivity index (χ1) is 25.3. The number of hydrogen-bond donors (Lipinski definition) is 2. The smallest absolute Gasteiger partial charge is 0.278 e.